The highest BCUT2D eigenvalue weighted by molar-refractivity contribution is 7.90. The average molecular weight is 274 g/mol. The maximum Gasteiger partial charge on any atom is 0.339 e. The van der Waals surface area contributed by atoms with Crippen molar-refractivity contribution >= 4 is 15.8 Å². The lowest BCUT2D eigenvalue weighted by Gasteiger charge is -2.07. The van der Waals surface area contributed by atoms with Crippen LogP contribution in [0.4, 0.5) is 0 Å². The van der Waals surface area contributed by atoms with E-state index in [0.717, 1.165) is 6.42 Å². The van der Waals surface area contributed by atoms with Gasteiger partial charge in [0.15, 0.2) is 9.84 Å². The van der Waals surface area contributed by atoms with Crippen molar-refractivity contribution < 1.29 is 22.7 Å². The summed E-state index contributed by atoms with van der Waals surface area (Å²) in [5.41, 5.74) is 0.0174. The normalized spacial score (nSPS) is 13.5. The summed E-state index contributed by atoms with van der Waals surface area (Å²) < 4.78 is 28.9. The monoisotopic (exact) mass is 274 g/mol. The molecule has 6 heteroatoms. The minimum absolute atomic E-state index is 0.0174. The largest absolute Gasteiger partial charge is 0.478 e. The second kappa shape index (κ2) is 5.56. The second-order valence-electron chi connectivity index (χ2n) is 4.56. The molecule has 0 bridgehead atoms. The SMILES string of the molecule is CCC(C)CS(=O)(=O)Cc1cc(C(=O)O)c(C)o1. The molecule has 0 saturated carbocycles. The summed E-state index contributed by atoms with van der Waals surface area (Å²) in [5.74, 6) is -0.756. The Morgan fingerprint density at radius 1 is 1.50 bits per heavy atom. The lowest BCUT2D eigenvalue weighted by molar-refractivity contribution is 0.0695. The molecule has 1 aromatic heterocycles. The molecular formula is C12H18O5S. The van der Waals surface area contributed by atoms with Crippen LogP contribution in [-0.4, -0.2) is 25.2 Å². The summed E-state index contributed by atoms with van der Waals surface area (Å²) in [6.45, 7) is 5.31. The zero-order valence-corrected chi connectivity index (χ0v) is 11.6. The topological polar surface area (TPSA) is 84.6 Å². The minimum atomic E-state index is -3.26. The maximum absolute atomic E-state index is 11.9. The number of sulfone groups is 1. The molecule has 0 fully saturated rings. The molecule has 5 nitrogen and oxygen atoms in total. The molecule has 1 rings (SSSR count). The highest BCUT2D eigenvalue weighted by Crippen LogP contribution is 2.18. The van der Waals surface area contributed by atoms with Crippen LogP contribution in [0, 0.1) is 12.8 Å². The fourth-order valence-electron chi connectivity index (χ4n) is 1.65. The predicted octanol–water partition coefficient (Wildman–Crippen LogP) is 2.25. The van der Waals surface area contributed by atoms with E-state index in [9.17, 15) is 13.2 Å². The number of rotatable bonds is 6. The summed E-state index contributed by atoms with van der Waals surface area (Å²) in [6.07, 6.45) is 0.788. The molecule has 0 aromatic carbocycles. The standard InChI is InChI=1S/C12H18O5S/c1-4-8(2)6-18(15,16)7-10-5-11(12(13)14)9(3)17-10/h5,8H,4,6-7H2,1-3H3,(H,13,14). The van der Waals surface area contributed by atoms with Gasteiger partial charge < -0.3 is 9.52 Å². The van der Waals surface area contributed by atoms with E-state index in [2.05, 4.69) is 0 Å². The first-order valence-corrected chi connectivity index (χ1v) is 7.60. The van der Waals surface area contributed by atoms with E-state index >= 15 is 0 Å². The predicted molar refractivity (Wildman–Crippen MR) is 67.4 cm³/mol. The number of furan rings is 1. The van der Waals surface area contributed by atoms with Gasteiger partial charge in [0.2, 0.25) is 0 Å². The molecular weight excluding hydrogens is 256 g/mol. The molecule has 1 aromatic rings. The van der Waals surface area contributed by atoms with E-state index in [1.54, 1.807) is 0 Å². The zero-order chi connectivity index (χ0) is 13.9. The zero-order valence-electron chi connectivity index (χ0n) is 10.8. The molecule has 0 saturated heterocycles. The first kappa shape index (κ1) is 14.8. The van der Waals surface area contributed by atoms with Gasteiger partial charge in [-0.1, -0.05) is 20.3 Å². The number of carboxylic acid groups (broad SMARTS) is 1. The van der Waals surface area contributed by atoms with Crippen molar-refractivity contribution in [3.63, 3.8) is 0 Å². The molecule has 0 aliphatic heterocycles. The fraction of sp³-hybridized carbons (Fsp3) is 0.583. The van der Waals surface area contributed by atoms with Gasteiger partial charge >= 0.3 is 5.97 Å². The molecule has 0 aliphatic carbocycles. The Kier molecular flexibility index (Phi) is 4.56. The summed E-state index contributed by atoms with van der Waals surface area (Å²) >= 11 is 0. The molecule has 102 valence electrons. The number of aromatic carboxylic acids is 1. The van der Waals surface area contributed by atoms with Gasteiger partial charge in [0.25, 0.3) is 0 Å². The molecule has 1 atom stereocenters. The second-order valence-corrected chi connectivity index (χ2v) is 6.66. The maximum atomic E-state index is 11.9. The average Bonchev–Trinajstić information content (AvgIpc) is 2.57. The highest BCUT2D eigenvalue weighted by atomic mass is 32.2. The molecule has 0 amide bonds. The lowest BCUT2D eigenvalue weighted by atomic mass is 10.2. The number of aryl methyl sites for hydroxylation is 1. The smallest absolute Gasteiger partial charge is 0.339 e. The van der Waals surface area contributed by atoms with Gasteiger partial charge in [0.05, 0.1) is 5.75 Å². The summed E-state index contributed by atoms with van der Waals surface area (Å²) in [7, 11) is -3.26. The van der Waals surface area contributed by atoms with Gasteiger partial charge in [0.1, 0.15) is 22.8 Å². The van der Waals surface area contributed by atoms with Crippen LogP contribution in [0.15, 0.2) is 10.5 Å². The summed E-state index contributed by atoms with van der Waals surface area (Å²) in [5, 5.41) is 8.85. The summed E-state index contributed by atoms with van der Waals surface area (Å²) in [6, 6.07) is 1.28. The Hall–Kier alpha value is -1.30. The first-order chi connectivity index (χ1) is 8.25. The van der Waals surface area contributed by atoms with E-state index in [-0.39, 0.29) is 34.5 Å². The van der Waals surface area contributed by atoms with Gasteiger partial charge in [-0.3, -0.25) is 0 Å². The van der Waals surface area contributed by atoms with Gasteiger partial charge in [-0.15, -0.1) is 0 Å². The fourth-order valence-corrected chi connectivity index (χ4v) is 3.45. The van der Waals surface area contributed by atoms with Gasteiger partial charge in [-0.05, 0) is 18.9 Å². The van der Waals surface area contributed by atoms with Crippen LogP contribution in [0.5, 0.6) is 0 Å². The Morgan fingerprint density at radius 2 is 2.11 bits per heavy atom. The van der Waals surface area contributed by atoms with Crippen LogP contribution in [-0.2, 0) is 15.6 Å². The van der Waals surface area contributed by atoms with Crippen LogP contribution in [0.1, 0.15) is 42.1 Å². The lowest BCUT2D eigenvalue weighted by Crippen LogP contribution is -2.15. The van der Waals surface area contributed by atoms with Crippen LogP contribution >= 0.6 is 0 Å². The van der Waals surface area contributed by atoms with E-state index in [4.69, 9.17) is 9.52 Å². The van der Waals surface area contributed by atoms with Crippen molar-refractivity contribution in [1.82, 2.24) is 0 Å². The summed E-state index contributed by atoms with van der Waals surface area (Å²) in [4.78, 5) is 10.8. The van der Waals surface area contributed by atoms with Gasteiger partial charge in [-0.25, -0.2) is 13.2 Å². The van der Waals surface area contributed by atoms with Crippen LogP contribution in [0.25, 0.3) is 0 Å². The molecule has 1 unspecified atom stereocenters. The Morgan fingerprint density at radius 3 is 2.56 bits per heavy atom. The number of hydrogen-bond acceptors (Lipinski definition) is 4. The Labute approximate surface area is 107 Å². The highest BCUT2D eigenvalue weighted by Gasteiger charge is 2.20. The van der Waals surface area contributed by atoms with E-state index in [1.165, 1.54) is 13.0 Å². The minimum Gasteiger partial charge on any atom is -0.478 e. The van der Waals surface area contributed by atoms with Crippen LogP contribution in [0.3, 0.4) is 0 Å². The van der Waals surface area contributed by atoms with Crippen molar-refractivity contribution in [1.29, 1.82) is 0 Å². The van der Waals surface area contributed by atoms with Crippen LogP contribution in [0.2, 0.25) is 0 Å². The Bertz CT molecular complexity index is 527. The van der Waals surface area contributed by atoms with Crippen molar-refractivity contribution in [2.75, 3.05) is 5.75 Å². The third-order valence-corrected chi connectivity index (χ3v) is 4.60. The van der Waals surface area contributed by atoms with Crippen LogP contribution < -0.4 is 0 Å². The molecule has 18 heavy (non-hydrogen) atoms. The van der Waals surface area contributed by atoms with Crippen molar-refractivity contribution in [3.8, 4) is 0 Å². The quantitative estimate of drug-likeness (QED) is 0.860. The third-order valence-electron chi connectivity index (χ3n) is 2.80. The van der Waals surface area contributed by atoms with Gasteiger partial charge in [-0.2, -0.15) is 0 Å². The molecule has 1 heterocycles. The number of carbonyl (C=O) groups is 1. The molecule has 0 radical (unpaired) electrons. The molecule has 0 spiro atoms. The van der Waals surface area contributed by atoms with Gasteiger partial charge in [0, 0.05) is 0 Å². The van der Waals surface area contributed by atoms with E-state index in [1.807, 2.05) is 13.8 Å². The van der Waals surface area contributed by atoms with Crippen molar-refractivity contribution in [3.05, 3.63) is 23.2 Å². The first-order valence-electron chi connectivity index (χ1n) is 5.78. The van der Waals surface area contributed by atoms with Crippen molar-refractivity contribution in [2.45, 2.75) is 32.9 Å². The number of hydrogen-bond donors (Lipinski definition) is 1. The molecule has 0 aliphatic rings. The third kappa shape index (κ3) is 3.87. The molecule has 1 N–H and O–H groups in total. The van der Waals surface area contributed by atoms with E-state index in [0.29, 0.717) is 0 Å². The van der Waals surface area contributed by atoms with Crippen molar-refractivity contribution in [2.24, 2.45) is 5.92 Å². The number of carboxylic acids is 1. The van der Waals surface area contributed by atoms with E-state index < -0.39 is 15.8 Å². The Balaban J connectivity index is 2.85.